The topological polar surface area (TPSA) is 84.5 Å². The van der Waals surface area contributed by atoms with Crippen LogP contribution in [0.3, 0.4) is 0 Å². The van der Waals surface area contributed by atoms with Gasteiger partial charge < -0.3 is 15.4 Å². The van der Waals surface area contributed by atoms with Crippen molar-refractivity contribution < 1.29 is 18.5 Å². The van der Waals surface area contributed by atoms with Gasteiger partial charge in [-0.25, -0.2) is 4.79 Å². The van der Waals surface area contributed by atoms with E-state index in [0.717, 1.165) is 50.5 Å². The first kappa shape index (κ1) is 30.5. The fourth-order valence-electron chi connectivity index (χ4n) is 4.93. The monoisotopic (exact) mass is 596 g/mol. The number of anilines is 1. The first-order valence-electron chi connectivity index (χ1n) is 12.7. The van der Waals surface area contributed by atoms with Crippen molar-refractivity contribution >= 4 is 68.8 Å². The third-order valence-corrected chi connectivity index (χ3v) is 9.06. The van der Waals surface area contributed by atoms with Crippen LogP contribution in [-0.2, 0) is 26.8 Å². The van der Waals surface area contributed by atoms with Gasteiger partial charge in [0.05, 0.1) is 27.7 Å². The first-order chi connectivity index (χ1) is 18.1. The third kappa shape index (κ3) is 8.25. The van der Waals surface area contributed by atoms with Gasteiger partial charge in [-0.1, -0.05) is 72.9 Å². The summed E-state index contributed by atoms with van der Waals surface area (Å²) in [6.07, 6.45) is 9.09. The van der Waals surface area contributed by atoms with E-state index in [4.69, 9.17) is 40.2 Å². The second kappa shape index (κ2) is 14.4. The number of esters is 1. The maximum Gasteiger partial charge on any atom is 0.328 e. The second-order valence-corrected chi connectivity index (χ2v) is 12.5. The summed E-state index contributed by atoms with van der Waals surface area (Å²) in [5.74, 6) is -0.0874. The molecule has 0 aromatic heterocycles. The van der Waals surface area contributed by atoms with Gasteiger partial charge in [0.1, 0.15) is 6.04 Å². The minimum absolute atomic E-state index is 0.134. The van der Waals surface area contributed by atoms with Gasteiger partial charge in [-0.3, -0.25) is 9.00 Å². The summed E-state index contributed by atoms with van der Waals surface area (Å²) in [4.78, 5) is 26.1. The molecule has 0 heterocycles. The summed E-state index contributed by atoms with van der Waals surface area (Å²) in [5, 5.41) is 6.68. The SMILES string of the molecule is COC(=O)C(Cc1ccc(NC(=O)c2c(Cl)cccc2Cl)cc1)NC(=S)C1(CCCCS(C)=O)CCCC1. The molecule has 2 aromatic rings. The number of unbranched alkanes of at least 4 members (excludes halogenated alkanes) is 1. The lowest BCUT2D eigenvalue weighted by Crippen LogP contribution is -2.48. The lowest BCUT2D eigenvalue weighted by molar-refractivity contribution is -0.142. The van der Waals surface area contributed by atoms with Gasteiger partial charge in [0.25, 0.3) is 5.91 Å². The van der Waals surface area contributed by atoms with Gasteiger partial charge >= 0.3 is 5.97 Å². The molecule has 206 valence electrons. The molecule has 1 amide bonds. The number of ether oxygens (including phenoxy) is 1. The fraction of sp³-hybridized carbons (Fsp3) is 0.464. The molecule has 1 aliphatic rings. The molecule has 2 aromatic carbocycles. The number of carbonyl (C=O) groups is 2. The van der Waals surface area contributed by atoms with Crippen molar-refractivity contribution in [3.8, 4) is 0 Å². The highest BCUT2D eigenvalue weighted by atomic mass is 35.5. The average molecular weight is 598 g/mol. The number of benzene rings is 2. The molecule has 2 N–H and O–H groups in total. The number of carbonyl (C=O) groups excluding carboxylic acids is 2. The second-order valence-electron chi connectivity index (χ2n) is 9.72. The van der Waals surface area contributed by atoms with Crippen LogP contribution in [0.25, 0.3) is 0 Å². The van der Waals surface area contributed by atoms with Gasteiger partial charge in [-0.15, -0.1) is 0 Å². The molecule has 0 spiro atoms. The van der Waals surface area contributed by atoms with Crippen LogP contribution < -0.4 is 10.6 Å². The average Bonchev–Trinajstić information content (AvgIpc) is 3.37. The van der Waals surface area contributed by atoms with E-state index in [1.54, 1.807) is 36.6 Å². The Morgan fingerprint density at radius 3 is 2.29 bits per heavy atom. The summed E-state index contributed by atoms with van der Waals surface area (Å²) in [7, 11) is 0.576. The molecule has 0 aliphatic heterocycles. The van der Waals surface area contributed by atoms with E-state index in [2.05, 4.69) is 10.6 Å². The molecule has 2 unspecified atom stereocenters. The van der Waals surface area contributed by atoms with Crippen molar-refractivity contribution in [2.45, 2.75) is 57.4 Å². The number of halogens is 2. The number of amides is 1. The van der Waals surface area contributed by atoms with Gasteiger partial charge in [0, 0.05) is 40.3 Å². The number of hydrogen-bond acceptors (Lipinski definition) is 5. The normalized spacial score (nSPS) is 15.9. The zero-order valence-electron chi connectivity index (χ0n) is 21.7. The van der Waals surface area contributed by atoms with E-state index in [1.165, 1.54) is 7.11 Å². The highest BCUT2D eigenvalue weighted by Gasteiger charge is 2.39. The van der Waals surface area contributed by atoms with Crippen LogP contribution in [0.1, 0.15) is 60.9 Å². The largest absolute Gasteiger partial charge is 0.467 e. The zero-order valence-corrected chi connectivity index (χ0v) is 24.8. The summed E-state index contributed by atoms with van der Waals surface area (Å²) in [5.41, 5.74) is 1.54. The van der Waals surface area contributed by atoms with Crippen molar-refractivity contribution in [1.29, 1.82) is 0 Å². The highest BCUT2D eigenvalue weighted by molar-refractivity contribution is 7.84. The lowest BCUT2D eigenvalue weighted by Gasteiger charge is -2.33. The predicted octanol–water partition coefficient (Wildman–Crippen LogP) is 6.36. The van der Waals surface area contributed by atoms with Crippen LogP contribution in [0.4, 0.5) is 5.69 Å². The van der Waals surface area contributed by atoms with E-state index < -0.39 is 22.7 Å². The number of rotatable bonds is 12. The number of thiocarbonyl (C=S) groups is 1. The van der Waals surface area contributed by atoms with Gasteiger partial charge in [0.2, 0.25) is 0 Å². The number of hydrogen-bond donors (Lipinski definition) is 2. The Balaban J connectivity index is 1.66. The molecule has 0 bridgehead atoms. The van der Waals surface area contributed by atoms with Gasteiger partial charge in [-0.05, 0) is 55.5 Å². The first-order valence-corrected chi connectivity index (χ1v) is 15.6. The number of nitrogens with one attached hydrogen (secondary N) is 2. The fourth-order valence-corrected chi connectivity index (χ4v) is 6.55. The van der Waals surface area contributed by atoms with E-state index in [0.29, 0.717) is 22.8 Å². The minimum Gasteiger partial charge on any atom is -0.467 e. The van der Waals surface area contributed by atoms with Crippen LogP contribution in [-0.4, -0.2) is 46.2 Å². The van der Waals surface area contributed by atoms with E-state index in [-0.39, 0.29) is 27.0 Å². The van der Waals surface area contributed by atoms with Crippen molar-refractivity contribution in [2.75, 3.05) is 24.4 Å². The Morgan fingerprint density at radius 2 is 1.71 bits per heavy atom. The molecule has 2 atom stereocenters. The zero-order chi connectivity index (χ0) is 27.7. The highest BCUT2D eigenvalue weighted by Crippen LogP contribution is 2.43. The molecule has 1 saturated carbocycles. The van der Waals surface area contributed by atoms with Crippen molar-refractivity contribution in [1.82, 2.24) is 5.32 Å². The Morgan fingerprint density at radius 1 is 1.08 bits per heavy atom. The molecule has 1 aliphatic carbocycles. The standard InChI is InChI=1S/C28H34Cl2N2O4S2/c1-36-26(34)23(32-27(37)28(14-3-4-15-28)16-5-6-17-38(2)35)18-19-10-12-20(13-11-19)31-25(33)24-21(29)8-7-9-22(24)30/h7-13,23H,3-6,14-18H2,1-2H3,(H,31,33)(H,32,37). The van der Waals surface area contributed by atoms with E-state index >= 15 is 0 Å². The minimum atomic E-state index is -0.794. The Bertz CT molecular complexity index is 1150. The van der Waals surface area contributed by atoms with E-state index in [9.17, 15) is 13.8 Å². The molecular formula is C28H34Cl2N2O4S2. The van der Waals surface area contributed by atoms with Crippen molar-refractivity contribution in [3.05, 3.63) is 63.6 Å². The maximum atomic E-state index is 12.7. The number of methoxy groups -OCH3 is 1. The summed E-state index contributed by atoms with van der Waals surface area (Å²) < 4.78 is 16.5. The van der Waals surface area contributed by atoms with Crippen LogP contribution in [0.2, 0.25) is 10.0 Å². The molecular weight excluding hydrogens is 563 g/mol. The predicted molar refractivity (Wildman–Crippen MR) is 160 cm³/mol. The van der Waals surface area contributed by atoms with Crippen LogP contribution in [0.15, 0.2) is 42.5 Å². The van der Waals surface area contributed by atoms with Gasteiger partial charge in [-0.2, -0.15) is 0 Å². The molecule has 0 radical (unpaired) electrons. The molecule has 1 fully saturated rings. The third-order valence-electron chi connectivity index (χ3n) is 7.01. The van der Waals surface area contributed by atoms with E-state index in [1.807, 2.05) is 12.1 Å². The summed E-state index contributed by atoms with van der Waals surface area (Å²) in [6, 6.07) is 11.5. The Kier molecular flexibility index (Phi) is 11.6. The molecule has 10 heteroatoms. The van der Waals surface area contributed by atoms with Crippen LogP contribution in [0.5, 0.6) is 0 Å². The molecule has 6 nitrogen and oxygen atoms in total. The molecule has 0 saturated heterocycles. The van der Waals surface area contributed by atoms with Crippen molar-refractivity contribution in [3.63, 3.8) is 0 Å². The lowest BCUT2D eigenvalue weighted by atomic mass is 9.80. The quantitative estimate of drug-likeness (QED) is 0.168. The Hall–Kier alpha value is -2.00. The summed E-state index contributed by atoms with van der Waals surface area (Å²) in [6.45, 7) is 0. The van der Waals surface area contributed by atoms with Crippen LogP contribution in [0, 0.1) is 5.41 Å². The summed E-state index contributed by atoms with van der Waals surface area (Å²) >= 11 is 18.2. The maximum absolute atomic E-state index is 12.7. The smallest absolute Gasteiger partial charge is 0.328 e. The van der Waals surface area contributed by atoms with Crippen LogP contribution >= 0.6 is 35.4 Å². The molecule has 38 heavy (non-hydrogen) atoms. The van der Waals surface area contributed by atoms with Crippen molar-refractivity contribution in [2.24, 2.45) is 5.41 Å². The van der Waals surface area contributed by atoms with Gasteiger partial charge in [0.15, 0.2) is 0 Å². The molecule has 3 rings (SSSR count). The Labute approximate surface area is 242 Å².